The maximum atomic E-state index is 11.6. The van der Waals surface area contributed by atoms with E-state index in [1.54, 1.807) is 0 Å². The summed E-state index contributed by atoms with van der Waals surface area (Å²) in [6.07, 6.45) is 0. The molecule has 0 aliphatic heterocycles. The number of ether oxygens (including phenoxy) is 3. The zero-order chi connectivity index (χ0) is 15.0. The summed E-state index contributed by atoms with van der Waals surface area (Å²) < 4.78 is 14.3. The number of nitrogens with one attached hydrogen (secondary N) is 1. The van der Waals surface area contributed by atoms with Crippen LogP contribution in [-0.4, -0.2) is 51.0 Å². The molecule has 7 nitrogen and oxygen atoms in total. The summed E-state index contributed by atoms with van der Waals surface area (Å²) in [6, 6.07) is 4.38. The Morgan fingerprint density at radius 2 is 2.00 bits per heavy atom. The van der Waals surface area contributed by atoms with Gasteiger partial charge in [0.05, 0.1) is 26.0 Å². The minimum absolute atomic E-state index is 0.0226. The molecular weight excluding hydrogens is 266 g/mol. The number of hydrogen-bond donors (Lipinski definition) is 2. The Balaban J connectivity index is 2.64. The van der Waals surface area contributed by atoms with Crippen LogP contribution < -0.4 is 5.32 Å². The molecule has 0 radical (unpaired) electrons. The fourth-order valence-corrected chi connectivity index (χ4v) is 1.41. The van der Waals surface area contributed by atoms with Gasteiger partial charge in [0.15, 0.2) is 5.75 Å². The van der Waals surface area contributed by atoms with E-state index in [0.29, 0.717) is 6.61 Å². The van der Waals surface area contributed by atoms with Gasteiger partial charge in [0.2, 0.25) is 5.91 Å². The molecule has 1 rings (SSSR count). The number of hydrogen-bond acceptors (Lipinski definition) is 6. The van der Waals surface area contributed by atoms with Gasteiger partial charge >= 0.3 is 5.97 Å². The Morgan fingerprint density at radius 3 is 2.65 bits per heavy atom. The highest BCUT2D eigenvalue weighted by Crippen LogP contribution is 2.27. The van der Waals surface area contributed by atoms with Gasteiger partial charge in [0.1, 0.15) is 12.2 Å². The molecule has 2 N–H and O–H groups in total. The number of carbonyl (C=O) groups excluding carboxylic acids is 2. The maximum Gasteiger partial charge on any atom is 0.341 e. The number of amides is 1. The largest absolute Gasteiger partial charge is 0.505 e. The van der Waals surface area contributed by atoms with E-state index in [1.165, 1.54) is 32.4 Å². The third-order valence-electron chi connectivity index (χ3n) is 2.38. The second-order valence-corrected chi connectivity index (χ2v) is 3.79. The summed E-state index contributed by atoms with van der Waals surface area (Å²) in [5, 5.41) is 12.3. The molecule has 7 heteroatoms. The summed E-state index contributed by atoms with van der Waals surface area (Å²) >= 11 is 0. The Hall–Kier alpha value is -2.12. The van der Waals surface area contributed by atoms with Crippen LogP contribution in [0.1, 0.15) is 10.4 Å². The second kappa shape index (κ2) is 8.13. The SMILES string of the molecule is COCCOCC(=O)Nc1cccc(C(=O)OC)c1O. The highest BCUT2D eigenvalue weighted by molar-refractivity contribution is 5.98. The van der Waals surface area contributed by atoms with Crippen LogP contribution >= 0.6 is 0 Å². The molecule has 0 saturated carbocycles. The molecule has 1 aromatic carbocycles. The zero-order valence-electron chi connectivity index (χ0n) is 11.3. The number of para-hydroxylation sites is 1. The van der Waals surface area contributed by atoms with E-state index in [1.807, 2.05) is 0 Å². The van der Waals surface area contributed by atoms with Crippen molar-refractivity contribution in [1.29, 1.82) is 0 Å². The van der Waals surface area contributed by atoms with E-state index in [2.05, 4.69) is 10.1 Å². The van der Waals surface area contributed by atoms with Crippen molar-refractivity contribution in [3.05, 3.63) is 23.8 Å². The Bertz CT molecular complexity index is 474. The Morgan fingerprint density at radius 1 is 1.25 bits per heavy atom. The number of phenolic OH excluding ortho intramolecular Hbond substituents is 1. The minimum atomic E-state index is -0.685. The fraction of sp³-hybridized carbons (Fsp3) is 0.385. The van der Waals surface area contributed by atoms with Crippen LogP contribution in [0.25, 0.3) is 0 Å². The third-order valence-corrected chi connectivity index (χ3v) is 2.38. The van der Waals surface area contributed by atoms with Gasteiger partial charge in [-0.2, -0.15) is 0 Å². The standard InChI is InChI=1S/C13H17NO6/c1-18-6-7-20-8-11(15)14-10-5-3-4-9(12(10)16)13(17)19-2/h3-5,16H,6-8H2,1-2H3,(H,14,15). The number of phenols is 1. The number of carbonyl (C=O) groups is 2. The van der Waals surface area contributed by atoms with Crippen LogP contribution in [0.4, 0.5) is 5.69 Å². The summed E-state index contributed by atoms with van der Waals surface area (Å²) in [6.45, 7) is 0.500. The quantitative estimate of drug-likeness (QED) is 0.436. The number of methoxy groups -OCH3 is 2. The van der Waals surface area contributed by atoms with Crippen LogP contribution in [0.15, 0.2) is 18.2 Å². The molecule has 0 aliphatic rings. The first-order valence-electron chi connectivity index (χ1n) is 5.87. The molecule has 0 heterocycles. The zero-order valence-corrected chi connectivity index (χ0v) is 11.3. The minimum Gasteiger partial charge on any atom is -0.505 e. The van der Waals surface area contributed by atoms with Gasteiger partial charge in [-0.05, 0) is 12.1 Å². The normalized spacial score (nSPS) is 10.1. The molecule has 0 aliphatic carbocycles. The van der Waals surface area contributed by atoms with E-state index in [4.69, 9.17) is 9.47 Å². The number of aromatic hydroxyl groups is 1. The van der Waals surface area contributed by atoms with Gasteiger partial charge in [-0.15, -0.1) is 0 Å². The number of rotatable bonds is 7. The maximum absolute atomic E-state index is 11.6. The first-order valence-corrected chi connectivity index (χ1v) is 5.87. The summed E-state index contributed by atoms with van der Waals surface area (Å²) in [5.41, 5.74) is 0.0962. The molecule has 0 unspecified atom stereocenters. The molecule has 20 heavy (non-hydrogen) atoms. The van der Waals surface area contributed by atoms with Crippen molar-refractivity contribution in [3.63, 3.8) is 0 Å². The van der Waals surface area contributed by atoms with Crippen LogP contribution in [-0.2, 0) is 19.0 Å². The van der Waals surface area contributed by atoms with Crippen molar-refractivity contribution in [1.82, 2.24) is 0 Å². The van der Waals surface area contributed by atoms with Crippen LogP contribution in [0.2, 0.25) is 0 Å². The van der Waals surface area contributed by atoms with E-state index in [-0.39, 0.29) is 30.2 Å². The lowest BCUT2D eigenvalue weighted by molar-refractivity contribution is -0.121. The van der Waals surface area contributed by atoms with Crippen molar-refractivity contribution in [2.24, 2.45) is 0 Å². The van der Waals surface area contributed by atoms with Gasteiger partial charge < -0.3 is 24.6 Å². The molecule has 0 aromatic heterocycles. The molecule has 1 aromatic rings. The molecule has 0 bridgehead atoms. The molecule has 1 amide bonds. The van der Waals surface area contributed by atoms with Crippen molar-refractivity contribution in [2.45, 2.75) is 0 Å². The van der Waals surface area contributed by atoms with Crippen molar-refractivity contribution in [2.75, 3.05) is 39.4 Å². The molecule has 0 saturated heterocycles. The molecule has 0 spiro atoms. The van der Waals surface area contributed by atoms with Crippen molar-refractivity contribution >= 4 is 17.6 Å². The highest BCUT2D eigenvalue weighted by atomic mass is 16.5. The van der Waals surface area contributed by atoms with E-state index >= 15 is 0 Å². The first kappa shape index (κ1) is 15.9. The lowest BCUT2D eigenvalue weighted by atomic mass is 10.1. The van der Waals surface area contributed by atoms with Crippen LogP contribution in [0, 0.1) is 0 Å². The summed E-state index contributed by atoms with van der Waals surface area (Å²) in [5.74, 6) is -1.47. The number of benzene rings is 1. The predicted molar refractivity (Wildman–Crippen MR) is 70.8 cm³/mol. The van der Waals surface area contributed by atoms with Crippen molar-refractivity contribution < 1.29 is 28.9 Å². The number of esters is 1. The van der Waals surface area contributed by atoms with Crippen molar-refractivity contribution in [3.8, 4) is 5.75 Å². The van der Waals surface area contributed by atoms with E-state index in [0.717, 1.165) is 0 Å². The molecule has 0 atom stereocenters. The monoisotopic (exact) mass is 283 g/mol. The molecular formula is C13H17NO6. The average Bonchev–Trinajstić information content (AvgIpc) is 2.45. The number of anilines is 1. The van der Waals surface area contributed by atoms with E-state index in [9.17, 15) is 14.7 Å². The van der Waals surface area contributed by atoms with Gasteiger partial charge in [-0.25, -0.2) is 4.79 Å². The first-order chi connectivity index (χ1) is 9.60. The van der Waals surface area contributed by atoms with Gasteiger partial charge in [0.25, 0.3) is 0 Å². The Labute approximate surface area is 116 Å². The fourth-order valence-electron chi connectivity index (χ4n) is 1.41. The molecule has 0 fully saturated rings. The smallest absolute Gasteiger partial charge is 0.341 e. The van der Waals surface area contributed by atoms with E-state index < -0.39 is 11.9 Å². The highest BCUT2D eigenvalue weighted by Gasteiger charge is 2.15. The lowest BCUT2D eigenvalue weighted by Crippen LogP contribution is -2.20. The summed E-state index contributed by atoms with van der Waals surface area (Å²) in [7, 11) is 2.73. The Kier molecular flexibility index (Phi) is 6.48. The topological polar surface area (TPSA) is 94.1 Å². The second-order valence-electron chi connectivity index (χ2n) is 3.79. The average molecular weight is 283 g/mol. The third kappa shape index (κ3) is 4.52. The van der Waals surface area contributed by atoms with Gasteiger partial charge in [0, 0.05) is 7.11 Å². The van der Waals surface area contributed by atoms with Gasteiger partial charge in [-0.3, -0.25) is 4.79 Å². The van der Waals surface area contributed by atoms with Crippen LogP contribution in [0.5, 0.6) is 5.75 Å². The lowest BCUT2D eigenvalue weighted by Gasteiger charge is -2.10. The molecule has 110 valence electrons. The summed E-state index contributed by atoms with van der Waals surface area (Å²) in [4.78, 5) is 23.0. The predicted octanol–water partition coefficient (Wildman–Crippen LogP) is 0.780. The van der Waals surface area contributed by atoms with Gasteiger partial charge in [-0.1, -0.05) is 6.07 Å². The van der Waals surface area contributed by atoms with Crippen LogP contribution in [0.3, 0.4) is 0 Å².